The Kier molecular flexibility index (Phi) is 4.37. The summed E-state index contributed by atoms with van der Waals surface area (Å²) in [5, 5.41) is 0. The Bertz CT molecular complexity index is 654. The molecule has 0 fully saturated rings. The van der Waals surface area contributed by atoms with Crippen molar-refractivity contribution in [2.45, 2.75) is 12.1 Å². The van der Waals surface area contributed by atoms with E-state index < -0.39 is 29.1 Å². The van der Waals surface area contributed by atoms with Crippen molar-refractivity contribution in [3.05, 3.63) is 59.2 Å². The SMILES string of the molecule is Fc1ccc(Oc2ccc(CCl)cc2C(F)(F)F)cc1F. The molecule has 0 amide bonds. The van der Waals surface area contributed by atoms with Crippen LogP contribution in [-0.2, 0) is 12.1 Å². The van der Waals surface area contributed by atoms with Crippen molar-refractivity contribution in [3.63, 3.8) is 0 Å². The van der Waals surface area contributed by atoms with Crippen LogP contribution >= 0.6 is 11.6 Å². The monoisotopic (exact) mass is 322 g/mol. The summed E-state index contributed by atoms with van der Waals surface area (Å²) < 4.78 is 69.7. The second-order valence-electron chi connectivity index (χ2n) is 4.14. The van der Waals surface area contributed by atoms with Gasteiger partial charge in [-0.2, -0.15) is 13.2 Å². The summed E-state index contributed by atoms with van der Waals surface area (Å²) in [6.07, 6.45) is -4.66. The maximum atomic E-state index is 13.0. The molecule has 0 saturated carbocycles. The van der Waals surface area contributed by atoms with Crippen molar-refractivity contribution in [1.82, 2.24) is 0 Å². The Labute approximate surface area is 121 Å². The first-order valence-corrected chi connectivity index (χ1v) is 6.23. The van der Waals surface area contributed by atoms with Crippen LogP contribution < -0.4 is 4.74 Å². The molecule has 0 aromatic heterocycles. The number of alkyl halides is 4. The van der Waals surface area contributed by atoms with E-state index in [4.69, 9.17) is 16.3 Å². The van der Waals surface area contributed by atoms with Crippen molar-refractivity contribution in [2.24, 2.45) is 0 Å². The molecule has 112 valence electrons. The molecule has 0 bridgehead atoms. The number of ether oxygens (including phenoxy) is 1. The van der Waals surface area contributed by atoms with Crippen LogP contribution in [0.3, 0.4) is 0 Å². The molecule has 2 aromatic rings. The van der Waals surface area contributed by atoms with E-state index in [1.807, 2.05) is 0 Å². The summed E-state index contributed by atoms with van der Waals surface area (Å²) in [5.41, 5.74) is -0.771. The molecule has 0 aliphatic heterocycles. The van der Waals surface area contributed by atoms with Crippen molar-refractivity contribution in [3.8, 4) is 11.5 Å². The predicted molar refractivity (Wildman–Crippen MR) is 67.4 cm³/mol. The van der Waals surface area contributed by atoms with E-state index in [1.54, 1.807) is 0 Å². The minimum absolute atomic E-state index is 0.0888. The molecule has 0 heterocycles. The van der Waals surface area contributed by atoms with E-state index in [-0.39, 0.29) is 17.2 Å². The predicted octanol–water partition coefficient (Wildman–Crippen LogP) is 5.51. The van der Waals surface area contributed by atoms with Gasteiger partial charge in [-0.3, -0.25) is 0 Å². The molecule has 0 aliphatic carbocycles. The summed E-state index contributed by atoms with van der Waals surface area (Å²) in [4.78, 5) is 0. The first-order valence-electron chi connectivity index (χ1n) is 5.70. The van der Waals surface area contributed by atoms with Crippen LogP contribution in [0, 0.1) is 11.6 Å². The average molecular weight is 323 g/mol. The van der Waals surface area contributed by atoms with Gasteiger partial charge in [-0.15, -0.1) is 11.6 Å². The first kappa shape index (κ1) is 15.6. The third-order valence-electron chi connectivity index (χ3n) is 2.62. The Morgan fingerprint density at radius 1 is 0.952 bits per heavy atom. The highest BCUT2D eigenvalue weighted by atomic mass is 35.5. The standard InChI is InChI=1S/C14H8ClF5O/c15-7-8-1-4-13(10(5-8)14(18,19)20)21-9-2-3-11(16)12(17)6-9/h1-6H,7H2. The van der Waals surface area contributed by atoms with Crippen LogP contribution in [0.1, 0.15) is 11.1 Å². The van der Waals surface area contributed by atoms with Gasteiger partial charge >= 0.3 is 6.18 Å². The molecule has 0 atom stereocenters. The minimum atomic E-state index is -4.66. The van der Waals surface area contributed by atoms with Crippen molar-refractivity contribution in [1.29, 1.82) is 0 Å². The van der Waals surface area contributed by atoms with Gasteiger partial charge in [0, 0.05) is 11.9 Å². The highest BCUT2D eigenvalue weighted by Gasteiger charge is 2.34. The molecule has 0 aliphatic rings. The van der Waals surface area contributed by atoms with E-state index in [0.717, 1.165) is 24.3 Å². The lowest BCUT2D eigenvalue weighted by Crippen LogP contribution is -2.08. The lowest BCUT2D eigenvalue weighted by Gasteiger charge is -2.14. The minimum Gasteiger partial charge on any atom is -0.457 e. The lowest BCUT2D eigenvalue weighted by molar-refractivity contribution is -0.138. The van der Waals surface area contributed by atoms with E-state index in [1.165, 1.54) is 6.07 Å². The molecule has 0 N–H and O–H groups in total. The Hall–Kier alpha value is -1.82. The summed E-state index contributed by atoms with van der Waals surface area (Å²) in [6.45, 7) is 0. The van der Waals surface area contributed by atoms with Gasteiger partial charge in [0.05, 0.1) is 5.56 Å². The van der Waals surface area contributed by atoms with Crippen LogP contribution in [0.5, 0.6) is 11.5 Å². The van der Waals surface area contributed by atoms with Gasteiger partial charge in [0.25, 0.3) is 0 Å². The molecule has 0 radical (unpaired) electrons. The molecule has 7 heteroatoms. The fourth-order valence-electron chi connectivity index (χ4n) is 1.64. The smallest absolute Gasteiger partial charge is 0.419 e. The Morgan fingerprint density at radius 3 is 2.24 bits per heavy atom. The molecule has 1 nitrogen and oxygen atoms in total. The van der Waals surface area contributed by atoms with E-state index in [2.05, 4.69) is 0 Å². The third-order valence-corrected chi connectivity index (χ3v) is 2.93. The maximum absolute atomic E-state index is 13.0. The Balaban J connectivity index is 2.41. The third kappa shape index (κ3) is 3.64. The summed E-state index contributed by atoms with van der Waals surface area (Å²) in [6, 6.07) is 5.77. The van der Waals surface area contributed by atoms with Gasteiger partial charge in [0.1, 0.15) is 11.5 Å². The van der Waals surface area contributed by atoms with Crippen LogP contribution in [0.25, 0.3) is 0 Å². The van der Waals surface area contributed by atoms with Crippen molar-refractivity contribution >= 4 is 11.6 Å². The van der Waals surface area contributed by atoms with Gasteiger partial charge in [0.15, 0.2) is 11.6 Å². The molecule has 2 rings (SSSR count). The number of halogens is 6. The second-order valence-corrected chi connectivity index (χ2v) is 4.41. The van der Waals surface area contributed by atoms with E-state index in [9.17, 15) is 22.0 Å². The number of rotatable bonds is 3. The zero-order valence-corrected chi connectivity index (χ0v) is 11.1. The Morgan fingerprint density at radius 2 is 1.67 bits per heavy atom. The zero-order chi connectivity index (χ0) is 15.6. The highest BCUT2D eigenvalue weighted by Crippen LogP contribution is 2.39. The topological polar surface area (TPSA) is 9.23 Å². The molecule has 0 spiro atoms. The lowest BCUT2D eigenvalue weighted by atomic mass is 10.1. The fraction of sp³-hybridized carbons (Fsp3) is 0.143. The molecular formula is C14H8ClF5O. The van der Waals surface area contributed by atoms with Crippen LogP contribution in [0.2, 0.25) is 0 Å². The first-order chi connectivity index (χ1) is 9.81. The quantitative estimate of drug-likeness (QED) is 0.534. The number of hydrogen-bond acceptors (Lipinski definition) is 1. The summed E-state index contributed by atoms with van der Waals surface area (Å²) in [5.74, 6) is -3.16. The maximum Gasteiger partial charge on any atom is 0.419 e. The van der Waals surface area contributed by atoms with Gasteiger partial charge < -0.3 is 4.74 Å². The molecule has 2 aromatic carbocycles. The fourth-order valence-corrected chi connectivity index (χ4v) is 1.80. The number of hydrogen-bond donors (Lipinski definition) is 0. The molecule has 0 unspecified atom stereocenters. The van der Waals surface area contributed by atoms with Gasteiger partial charge in [-0.1, -0.05) is 6.07 Å². The average Bonchev–Trinajstić information content (AvgIpc) is 2.42. The molecular weight excluding hydrogens is 315 g/mol. The second kappa shape index (κ2) is 5.89. The van der Waals surface area contributed by atoms with Crippen molar-refractivity contribution < 1.29 is 26.7 Å². The molecule has 0 saturated heterocycles. The van der Waals surface area contributed by atoms with E-state index in [0.29, 0.717) is 6.07 Å². The zero-order valence-electron chi connectivity index (χ0n) is 10.3. The summed E-state index contributed by atoms with van der Waals surface area (Å²) in [7, 11) is 0. The molecule has 21 heavy (non-hydrogen) atoms. The van der Waals surface area contributed by atoms with Gasteiger partial charge in [0.2, 0.25) is 0 Å². The number of benzene rings is 2. The van der Waals surface area contributed by atoms with Crippen LogP contribution in [0.15, 0.2) is 36.4 Å². The van der Waals surface area contributed by atoms with Crippen LogP contribution in [-0.4, -0.2) is 0 Å². The van der Waals surface area contributed by atoms with Crippen LogP contribution in [0.4, 0.5) is 22.0 Å². The van der Waals surface area contributed by atoms with E-state index >= 15 is 0 Å². The normalized spacial score (nSPS) is 11.5. The highest BCUT2D eigenvalue weighted by molar-refractivity contribution is 6.17. The van der Waals surface area contributed by atoms with Gasteiger partial charge in [-0.25, -0.2) is 8.78 Å². The largest absolute Gasteiger partial charge is 0.457 e. The van der Waals surface area contributed by atoms with Gasteiger partial charge in [-0.05, 0) is 29.8 Å². The van der Waals surface area contributed by atoms with Crippen molar-refractivity contribution in [2.75, 3.05) is 0 Å². The summed E-state index contributed by atoms with van der Waals surface area (Å²) >= 11 is 5.50.